The van der Waals surface area contributed by atoms with Gasteiger partial charge in [0.1, 0.15) is 0 Å². The monoisotopic (exact) mass is 239 g/mol. The average Bonchev–Trinajstić information content (AvgIpc) is 2.62. The molecule has 1 atom stereocenters. The molecule has 1 aliphatic rings. The Morgan fingerprint density at radius 2 is 1.94 bits per heavy atom. The van der Waals surface area contributed by atoms with Crippen LogP contribution in [-0.2, 0) is 4.84 Å². The van der Waals surface area contributed by atoms with Crippen LogP contribution in [0.2, 0.25) is 5.02 Å². The van der Waals surface area contributed by atoms with Gasteiger partial charge >= 0.3 is 6.02 Å². The minimum atomic E-state index is -0.102. The number of halogens is 1. The molecule has 0 spiro atoms. The molecular formula is C11H14ClN3O. The largest absolute Gasteiger partial charge is 0.366 e. The summed E-state index contributed by atoms with van der Waals surface area (Å²) < 4.78 is 0. The van der Waals surface area contributed by atoms with Crippen molar-refractivity contribution in [2.24, 2.45) is 4.99 Å². The molecular weight excluding hydrogens is 226 g/mol. The number of hydrogen-bond donors (Lipinski definition) is 0. The van der Waals surface area contributed by atoms with Crippen LogP contribution in [0, 0.1) is 0 Å². The third-order valence-electron chi connectivity index (χ3n) is 2.35. The van der Waals surface area contributed by atoms with Crippen molar-refractivity contribution >= 4 is 17.6 Å². The van der Waals surface area contributed by atoms with Crippen LogP contribution in [-0.4, -0.2) is 37.1 Å². The van der Waals surface area contributed by atoms with E-state index >= 15 is 0 Å². The fourth-order valence-electron chi connectivity index (χ4n) is 1.50. The molecule has 1 aliphatic heterocycles. The number of rotatable bonds is 1. The zero-order valence-corrected chi connectivity index (χ0v) is 10.3. The summed E-state index contributed by atoms with van der Waals surface area (Å²) in [5.74, 6) is 0. The molecule has 0 amide bonds. The highest BCUT2D eigenvalue weighted by molar-refractivity contribution is 6.30. The molecule has 0 N–H and O–H groups in total. The summed E-state index contributed by atoms with van der Waals surface area (Å²) in [7, 11) is 5.66. The molecule has 0 unspecified atom stereocenters. The van der Waals surface area contributed by atoms with Gasteiger partial charge in [0.15, 0.2) is 6.17 Å². The Bertz CT molecular complexity index is 402. The van der Waals surface area contributed by atoms with Gasteiger partial charge in [-0.15, -0.1) is 5.06 Å². The van der Waals surface area contributed by atoms with Crippen molar-refractivity contribution in [2.45, 2.75) is 6.17 Å². The molecule has 1 aromatic rings. The summed E-state index contributed by atoms with van der Waals surface area (Å²) in [4.78, 5) is 11.8. The summed E-state index contributed by atoms with van der Waals surface area (Å²) in [6.45, 7) is 0. The Balaban J connectivity index is 2.24. The number of amidine groups is 1. The van der Waals surface area contributed by atoms with Crippen molar-refractivity contribution in [3.8, 4) is 0 Å². The van der Waals surface area contributed by atoms with Gasteiger partial charge in [-0.25, -0.2) is 4.99 Å². The van der Waals surface area contributed by atoms with E-state index in [0.717, 1.165) is 10.6 Å². The van der Waals surface area contributed by atoms with E-state index < -0.39 is 0 Å². The maximum Gasteiger partial charge on any atom is 0.309 e. The molecule has 1 heterocycles. The van der Waals surface area contributed by atoms with Crippen molar-refractivity contribution in [2.75, 3.05) is 21.1 Å². The highest BCUT2D eigenvalue weighted by Gasteiger charge is 2.27. The molecule has 16 heavy (non-hydrogen) atoms. The van der Waals surface area contributed by atoms with Crippen LogP contribution in [0.4, 0.5) is 0 Å². The lowest BCUT2D eigenvalue weighted by Crippen LogP contribution is -2.26. The molecule has 5 heteroatoms. The lowest BCUT2D eigenvalue weighted by Gasteiger charge is -2.16. The van der Waals surface area contributed by atoms with E-state index in [9.17, 15) is 0 Å². The molecule has 1 aromatic carbocycles. The second kappa shape index (κ2) is 4.31. The van der Waals surface area contributed by atoms with Crippen LogP contribution in [0.15, 0.2) is 29.3 Å². The first-order chi connectivity index (χ1) is 7.58. The Hall–Kier alpha value is -1.26. The second-order valence-electron chi connectivity index (χ2n) is 3.87. The van der Waals surface area contributed by atoms with Gasteiger partial charge in [-0.05, 0) is 17.7 Å². The first kappa shape index (κ1) is 11.2. The molecule has 0 saturated carbocycles. The van der Waals surface area contributed by atoms with E-state index in [1.54, 1.807) is 5.06 Å². The maximum absolute atomic E-state index is 5.84. The SMILES string of the molecule is CN(C)C1=N[C@H](c2ccc(Cl)cc2)N(C)O1. The highest BCUT2D eigenvalue weighted by Crippen LogP contribution is 2.27. The van der Waals surface area contributed by atoms with Gasteiger partial charge in [-0.3, -0.25) is 0 Å². The van der Waals surface area contributed by atoms with Crippen molar-refractivity contribution < 1.29 is 4.84 Å². The third kappa shape index (κ3) is 2.13. The molecule has 86 valence electrons. The molecule has 0 bridgehead atoms. The van der Waals surface area contributed by atoms with Gasteiger partial charge in [0, 0.05) is 26.2 Å². The smallest absolute Gasteiger partial charge is 0.309 e. The van der Waals surface area contributed by atoms with E-state index in [1.165, 1.54) is 0 Å². The van der Waals surface area contributed by atoms with Crippen LogP contribution in [0.25, 0.3) is 0 Å². The van der Waals surface area contributed by atoms with Crippen molar-refractivity contribution in [1.82, 2.24) is 9.96 Å². The lowest BCUT2D eigenvalue weighted by atomic mass is 10.2. The summed E-state index contributed by atoms with van der Waals surface area (Å²) in [6.07, 6.45) is -0.102. The summed E-state index contributed by atoms with van der Waals surface area (Å²) in [5.41, 5.74) is 1.06. The zero-order valence-electron chi connectivity index (χ0n) is 9.51. The second-order valence-corrected chi connectivity index (χ2v) is 4.31. The first-order valence-corrected chi connectivity index (χ1v) is 5.37. The quantitative estimate of drug-likeness (QED) is 0.752. The number of nitrogens with zero attached hydrogens (tertiary/aromatic N) is 3. The zero-order chi connectivity index (χ0) is 11.7. The van der Waals surface area contributed by atoms with Crippen molar-refractivity contribution in [3.63, 3.8) is 0 Å². The molecule has 0 radical (unpaired) electrons. The normalized spacial score (nSPS) is 20.5. The van der Waals surface area contributed by atoms with Crippen LogP contribution in [0.1, 0.15) is 11.7 Å². The highest BCUT2D eigenvalue weighted by atomic mass is 35.5. The van der Waals surface area contributed by atoms with E-state index in [2.05, 4.69) is 4.99 Å². The standard InChI is InChI=1S/C11H14ClN3O/c1-14(2)11-13-10(15(3)16-11)8-4-6-9(12)7-5-8/h4-7,10H,1-3H3/t10-/m0/s1. The number of hydroxylamine groups is 2. The van der Waals surface area contributed by atoms with Gasteiger partial charge in [-0.1, -0.05) is 23.7 Å². The maximum atomic E-state index is 5.84. The Morgan fingerprint density at radius 1 is 1.31 bits per heavy atom. The van der Waals surface area contributed by atoms with Gasteiger partial charge in [0.05, 0.1) is 0 Å². The Labute approximate surface area is 100 Å². The summed E-state index contributed by atoms with van der Waals surface area (Å²) in [5, 5.41) is 2.45. The topological polar surface area (TPSA) is 28.1 Å². The minimum Gasteiger partial charge on any atom is -0.366 e. The third-order valence-corrected chi connectivity index (χ3v) is 2.61. The van der Waals surface area contributed by atoms with Gasteiger partial charge < -0.3 is 9.74 Å². The fourth-order valence-corrected chi connectivity index (χ4v) is 1.63. The molecule has 0 saturated heterocycles. The number of aliphatic imine (C=N–C) groups is 1. The van der Waals surface area contributed by atoms with E-state index in [-0.39, 0.29) is 6.17 Å². The lowest BCUT2D eigenvalue weighted by molar-refractivity contribution is -0.0664. The molecule has 2 rings (SSSR count). The molecule has 0 fully saturated rings. The molecule has 0 aliphatic carbocycles. The van der Waals surface area contributed by atoms with E-state index in [0.29, 0.717) is 6.02 Å². The Morgan fingerprint density at radius 3 is 2.44 bits per heavy atom. The molecule has 4 nitrogen and oxygen atoms in total. The van der Waals surface area contributed by atoms with E-state index in [4.69, 9.17) is 16.4 Å². The number of benzene rings is 1. The van der Waals surface area contributed by atoms with E-state index in [1.807, 2.05) is 50.3 Å². The van der Waals surface area contributed by atoms with Gasteiger partial charge in [0.25, 0.3) is 0 Å². The van der Waals surface area contributed by atoms with Crippen molar-refractivity contribution in [1.29, 1.82) is 0 Å². The Kier molecular flexibility index (Phi) is 3.03. The fraction of sp³-hybridized carbons (Fsp3) is 0.364. The van der Waals surface area contributed by atoms with Crippen LogP contribution >= 0.6 is 11.6 Å². The minimum absolute atomic E-state index is 0.102. The van der Waals surface area contributed by atoms with Crippen LogP contribution < -0.4 is 0 Å². The van der Waals surface area contributed by atoms with Crippen molar-refractivity contribution in [3.05, 3.63) is 34.9 Å². The van der Waals surface area contributed by atoms with Crippen LogP contribution in [0.3, 0.4) is 0 Å². The average molecular weight is 240 g/mol. The van der Waals surface area contributed by atoms with Crippen LogP contribution in [0.5, 0.6) is 0 Å². The predicted octanol–water partition coefficient (Wildman–Crippen LogP) is 2.13. The van der Waals surface area contributed by atoms with Gasteiger partial charge in [-0.2, -0.15) is 0 Å². The summed E-state index contributed by atoms with van der Waals surface area (Å²) >= 11 is 5.84. The predicted molar refractivity (Wildman–Crippen MR) is 64.2 cm³/mol. The van der Waals surface area contributed by atoms with Gasteiger partial charge in [0.2, 0.25) is 0 Å². The first-order valence-electron chi connectivity index (χ1n) is 4.99. The number of hydrogen-bond acceptors (Lipinski definition) is 4. The molecule has 0 aromatic heterocycles. The summed E-state index contributed by atoms with van der Waals surface area (Å²) in [6, 6.07) is 8.23.